The Morgan fingerprint density at radius 2 is 2.21 bits per heavy atom. The monoisotopic (exact) mass is 263 g/mol. The van der Waals surface area contributed by atoms with Gasteiger partial charge < -0.3 is 9.88 Å². The van der Waals surface area contributed by atoms with Crippen LogP contribution in [0.25, 0.3) is 0 Å². The van der Waals surface area contributed by atoms with Crippen LogP contribution in [0.15, 0.2) is 12.5 Å². The summed E-state index contributed by atoms with van der Waals surface area (Å²) >= 11 is 0. The Morgan fingerprint density at radius 1 is 1.47 bits per heavy atom. The standard InChI is InChI=1S/C15H25N3O/c1-3-7-13(12-8-5-4-6-9-12)18-11-17-10-14(18)15(19)16-2/h10-13H,3-9H2,1-2H3,(H,16,19). The molecule has 1 unspecified atom stereocenters. The second-order valence-corrected chi connectivity index (χ2v) is 5.52. The lowest BCUT2D eigenvalue weighted by Crippen LogP contribution is -2.27. The van der Waals surface area contributed by atoms with E-state index in [9.17, 15) is 4.79 Å². The van der Waals surface area contributed by atoms with Crippen molar-refractivity contribution in [3.8, 4) is 0 Å². The number of amides is 1. The van der Waals surface area contributed by atoms with Crippen LogP contribution in [0.2, 0.25) is 0 Å². The number of hydrogen-bond acceptors (Lipinski definition) is 2. The van der Waals surface area contributed by atoms with Crippen molar-refractivity contribution in [1.82, 2.24) is 14.9 Å². The number of carbonyl (C=O) groups is 1. The van der Waals surface area contributed by atoms with E-state index in [0.717, 1.165) is 12.8 Å². The molecular weight excluding hydrogens is 238 g/mol. The van der Waals surface area contributed by atoms with Crippen LogP contribution in [0.3, 0.4) is 0 Å². The number of aromatic nitrogens is 2. The van der Waals surface area contributed by atoms with Crippen LogP contribution in [-0.2, 0) is 0 Å². The van der Waals surface area contributed by atoms with Crippen LogP contribution in [0.1, 0.15) is 68.4 Å². The maximum Gasteiger partial charge on any atom is 0.269 e. The van der Waals surface area contributed by atoms with Crippen molar-refractivity contribution in [2.24, 2.45) is 5.92 Å². The van der Waals surface area contributed by atoms with Crippen LogP contribution in [0.4, 0.5) is 0 Å². The summed E-state index contributed by atoms with van der Waals surface area (Å²) in [5.41, 5.74) is 0.700. The number of hydrogen-bond donors (Lipinski definition) is 1. The largest absolute Gasteiger partial charge is 0.354 e. The van der Waals surface area contributed by atoms with Gasteiger partial charge in [-0.25, -0.2) is 4.98 Å². The molecular formula is C15H25N3O. The molecule has 1 fully saturated rings. The Kier molecular flexibility index (Phi) is 5.00. The molecule has 1 aliphatic carbocycles. The van der Waals surface area contributed by atoms with Gasteiger partial charge in [0.05, 0.1) is 12.5 Å². The zero-order chi connectivity index (χ0) is 13.7. The molecule has 0 aliphatic heterocycles. The van der Waals surface area contributed by atoms with E-state index in [1.165, 1.54) is 32.1 Å². The van der Waals surface area contributed by atoms with Gasteiger partial charge in [0.15, 0.2) is 0 Å². The Balaban J connectivity index is 2.22. The van der Waals surface area contributed by atoms with Gasteiger partial charge in [0, 0.05) is 13.1 Å². The fourth-order valence-corrected chi connectivity index (χ4v) is 3.29. The maximum atomic E-state index is 11.9. The predicted molar refractivity (Wildman–Crippen MR) is 76.1 cm³/mol. The SMILES string of the molecule is CCCC(C1CCCCC1)n1cncc1C(=O)NC. The molecule has 1 N–H and O–H groups in total. The first-order valence-corrected chi connectivity index (χ1v) is 7.51. The second kappa shape index (κ2) is 6.73. The Hall–Kier alpha value is -1.32. The molecule has 1 saturated carbocycles. The average molecular weight is 263 g/mol. The van der Waals surface area contributed by atoms with E-state index in [4.69, 9.17) is 0 Å². The van der Waals surface area contributed by atoms with Gasteiger partial charge in [-0.15, -0.1) is 0 Å². The molecule has 1 aromatic heterocycles. The third kappa shape index (κ3) is 3.17. The second-order valence-electron chi connectivity index (χ2n) is 5.52. The van der Waals surface area contributed by atoms with Crippen LogP contribution in [0.5, 0.6) is 0 Å². The maximum absolute atomic E-state index is 11.9. The lowest BCUT2D eigenvalue weighted by molar-refractivity contribution is 0.0946. The van der Waals surface area contributed by atoms with E-state index in [2.05, 4.69) is 21.8 Å². The Morgan fingerprint density at radius 3 is 2.84 bits per heavy atom. The molecule has 4 heteroatoms. The van der Waals surface area contributed by atoms with Gasteiger partial charge in [0.25, 0.3) is 5.91 Å². The van der Waals surface area contributed by atoms with Crippen molar-refractivity contribution >= 4 is 5.91 Å². The first-order valence-electron chi connectivity index (χ1n) is 7.51. The molecule has 106 valence electrons. The van der Waals surface area contributed by atoms with E-state index >= 15 is 0 Å². The molecule has 2 rings (SSSR count). The molecule has 1 atom stereocenters. The Bertz CT molecular complexity index is 407. The van der Waals surface area contributed by atoms with E-state index in [-0.39, 0.29) is 5.91 Å². The van der Waals surface area contributed by atoms with Crippen LogP contribution < -0.4 is 5.32 Å². The summed E-state index contributed by atoms with van der Waals surface area (Å²) in [7, 11) is 1.68. The summed E-state index contributed by atoms with van der Waals surface area (Å²) in [6, 6.07) is 0.431. The smallest absolute Gasteiger partial charge is 0.269 e. The fourth-order valence-electron chi connectivity index (χ4n) is 3.29. The first-order chi connectivity index (χ1) is 9.27. The van der Waals surface area contributed by atoms with Crippen molar-refractivity contribution in [3.63, 3.8) is 0 Å². The average Bonchev–Trinajstić information content (AvgIpc) is 2.94. The third-order valence-corrected chi connectivity index (χ3v) is 4.26. The van der Waals surface area contributed by atoms with Crippen molar-refractivity contribution < 1.29 is 4.79 Å². The molecule has 0 aromatic carbocycles. The molecule has 0 saturated heterocycles. The number of imidazole rings is 1. The molecule has 1 aromatic rings. The predicted octanol–water partition coefficient (Wildman–Crippen LogP) is 3.16. The van der Waals surface area contributed by atoms with Crippen LogP contribution in [-0.4, -0.2) is 22.5 Å². The molecule has 1 aliphatic rings. The molecule has 4 nitrogen and oxygen atoms in total. The summed E-state index contributed by atoms with van der Waals surface area (Å²) < 4.78 is 2.11. The van der Waals surface area contributed by atoms with E-state index in [1.54, 1.807) is 13.2 Å². The van der Waals surface area contributed by atoms with Gasteiger partial charge in [-0.1, -0.05) is 32.6 Å². The van der Waals surface area contributed by atoms with Crippen molar-refractivity contribution in [2.75, 3.05) is 7.05 Å². The minimum absolute atomic E-state index is 0.0330. The lowest BCUT2D eigenvalue weighted by atomic mass is 9.82. The van der Waals surface area contributed by atoms with Crippen LogP contribution >= 0.6 is 0 Å². The summed E-state index contributed by atoms with van der Waals surface area (Å²) in [4.78, 5) is 16.1. The minimum atomic E-state index is -0.0330. The van der Waals surface area contributed by atoms with E-state index in [0.29, 0.717) is 17.7 Å². The number of rotatable bonds is 5. The summed E-state index contributed by atoms with van der Waals surface area (Å²) in [5.74, 6) is 0.667. The highest BCUT2D eigenvalue weighted by molar-refractivity contribution is 5.92. The summed E-state index contributed by atoms with van der Waals surface area (Å²) in [6.45, 7) is 2.21. The molecule has 0 spiro atoms. The molecule has 19 heavy (non-hydrogen) atoms. The molecule has 0 bridgehead atoms. The molecule has 0 radical (unpaired) electrons. The first kappa shape index (κ1) is 14.1. The number of nitrogens with zero attached hydrogens (tertiary/aromatic N) is 2. The summed E-state index contributed by atoms with van der Waals surface area (Å²) in [5, 5.41) is 2.71. The molecule has 1 amide bonds. The quantitative estimate of drug-likeness (QED) is 0.887. The fraction of sp³-hybridized carbons (Fsp3) is 0.733. The molecule has 1 heterocycles. The highest BCUT2D eigenvalue weighted by Gasteiger charge is 2.26. The van der Waals surface area contributed by atoms with E-state index in [1.807, 2.05) is 6.33 Å². The van der Waals surface area contributed by atoms with Crippen molar-refractivity contribution in [1.29, 1.82) is 0 Å². The highest BCUT2D eigenvalue weighted by atomic mass is 16.1. The number of carbonyl (C=O) groups excluding carboxylic acids is 1. The summed E-state index contributed by atoms with van der Waals surface area (Å²) in [6.07, 6.45) is 12.4. The highest BCUT2D eigenvalue weighted by Crippen LogP contribution is 2.36. The van der Waals surface area contributed by atoms with Gasteiger partial charge in [-0.05, 0) is 25.2 Å². The van der Waals surface area contributed by atoms with Crippen molar-refractivity contribution in [3.05, 3.63) is 18.2 Å². The van der Waals surface area contributed by atoms with Gasteiger partial charge in [0.2, 0.25) is 0 Å². The van der Waals surface area contributed by atoms with E-state index < -0.39 is 0 Å². The zero-order valence-electron chi connectivity index (χ0n) is 12.1. The topological polar surface area (TPSA) is 46.9 Å². The van der Waals surface area contributed by atoms with Crippen LogP contribution in [0, 0.1) is 5.92 Å². The third-order valence-electron chi connectivity index (χ3n) is 4.26. The van der Waals surface area contributed by atoms with Gasteiger partial charge in [0.1, 0.15) is 5.69 Å². The van der Waals surface area contributed by atoms with Gasteiger partial charge >= 0.3 is 0 Å². The van der Waals surface area contributed by atoms with Gasteiger partial charge in [-0.2, -0.15) is 0 Å². The number of nitrogens with one attached hydrogen (secondary N) is 1. The minimum Gasteiger partial charge on any atom is -0.354 e. The van der Waals surface area contributed by atoms with Gasteiger partial charge in [-0.3, -0.25) is 4.79 Å². The normalized spacial score (nSPS) is 18.2. The van der Waals surface area contributed by atoms with Crippen molar-refractivity contribution in [2.45, 2.75) is 57.9 Å². The zero-order valence-corrected chi connectivity index (χ0v) is 12.1. The lowest BCUT2D eigenvalue weighted by Gasteiger charge is -2.32. The Labute approximate surface area is 115 Å².